The Balaban J connectivity index is 1.77. The van der Waals surface area contributed by atoms with Crippen molar-refractivity contribution in [2.75, 3.05) is 0 Å². The number of hydrogen-bond acceptors (Lipinski definition) is 2. The molecular weight excluding hydrogens is 224 g/mol. The zero-order chi connectivity index (χ0) is 13.1. The standard InChI is InChI=1S/C15H28N2O/c1-4-14(10(2)3)17-15(18)9-11-7-12-5-6-13(8-11)16-12/h10-14,16H,4-9H2,1-3H3,(H,17,18). The van der Waals surface area contributed by atoms with E-state index in [2.05, 4.69) is 31.4 Å². The van der Waals surface area contributed by atoms with Crippen molar-refractivity contribution in [2.24, 2.45) is 11.8 Å². The molecule has 0 aromatic carbocycles. The Bertz CT molecular complexity index is 278. The van der Waals surface area contributed by atoms with Gasteiger partial charge in [-0.25, -0.2) is 0 Å². The summed E-state index contributed by atoms with van der Waals surface area (Å²) in [5.41, 5.74) is 0. The van der Waals surface area contributed by atoms with Crippen molar-refractivity contribution in [3.05, 3.63) is 0 Å². The van der Waals surface area contributed by atoms with Crippen LogP contribution in [0.4, 0.5) is 0 Å². The summed E-state index contributed by atoms with van der Waals surface area (Å²) in [4.78, 5) is 12.1. The molecule has 2 N–H and O–H groups in total. The summed E-state index contributed by atoms with van der Waals surface area (Å²) < 4.78 is 0. The maximum atomic E-state index is 12.1. The van der Waals surface area contributed by atoms with Gasteiger partial charge in [0.15, 0.2) is 0 Å². The fourth-order valence-electron chi connectivity index (χ4n) is 3.61. The summed E-state index contributed by atoms with van der Waals surface area (Å²) in [6.07, 6.45) is 6.78. The van der Waals surface area contributed by atoms with E-state index >= 15 is 0 Å². The molecule has 2 rings (SSSR count). The van der Waals surface area contributed by atoms with Crippen molar-refractivity contribution >= 4 is 5.91 Å². The minimum absolute atomic E-state index is 0.266. The van der Waals surface area contributed by atoms with Crippen LogP contribution in [0.5, 0.6) is 0 Å². The van der Waals surface area contributed by atoms with Gasteiger partial charge >= 0.3 is 0 Å². The zero-order valence-electron chi connectivity index (χ0n) is 12.0. The first-order valence-electron chi connectivity index (χ1n) is 7.63. The monoisotopic (exact) mass is 252 g/mol. The normalized spacial score (nSPS) is 32.6. The minimum atomic E-state index is 0.266. The van der Waals surface area contributed by atoms with Crippen LogP contribution >= 0.6 is 0 Å². The van der Waals surface area contributed by atoms with Crippen LogP contribution in [0, 0.1) is 11.8 Å². The predicted octanol–water partition coefficient (Wildman–Crippen LogP) is 2.46. The Morgan fingerprint density at radius 1 is 1.28 bits per heavy atom. The van der Waals surface area contributed by atoms with E-state index in [1.807, 2.05) is 0 Å². The lowest BCUT2D eigenvalue weighted by molar-refractivity contribution is -0.123. The average molecular weight is 252 g/mol. The molecule has 0 spiro atoms. The van der Waals surface area contributed by atoms with Gasteiger partial charge in [-0.3, -0.25) is 4.79 Å². The molecule has 0 aromatic heterocycles. The van der Waals surface area contributed by atoms with Crippen LogP contribution < -0.4 is 10.6 Å². The molecular formula is C15H28N2O. The van der Waals surface area contributed by atoms with Gasteiger partial charge in [0.25, 0.3) is 0 Å². The quantitative estimate of drug-likeness (QED) is 0.789. The second-order valence-corrected chi connectivity index (χ2v) is 6.51. The fourth-order valence-corrected chi connectivity index (χ4v) is 3.61. The Labute approximate surface area is 111 Å². The van der Waals surface area contributed by atoms with Gasteiger partial charge in [-0.2, -0.15) is 0 Å². The van der Waals surface area contributed by atoms with Gasteiger partial charge in [0, 0.05) is 24.5 Å². The number of rotatable bonds is 5. The van der Waals surface area contributed by atoms with Crippen molar-refractivity contribution in [1.82, 2.24) is 10.6 Å². The second kappa shape index (κ2) is 6.05. The summed E-state index contributed by atoms with van der Waals surface area (Å²) in [5.74, 6) is 1.40. The van der Waals surface area contributed by atoms with Gasteiger partial charge < -0.3 is 10.6 Å². The number of hydrogen-bond donors (Lipinski definition) is 2. The van der Waals surface area contributed by atoms with Crippen LogP contribution in [-0.4, -0.2) is 24.0 Å². The molecule has 3 nitrogen and oxygen atoms in total. The van der Waals surface area contributed by atoms with E-state index in [1.165, 1.54) is 25.7 Å². The Morgan fingerprint density at radius 3 is 2.39 bits per heavy atom. The van der Waals surface area contributed by atoms with Crippen molar-refractivity contribution in [2.45, 2.75) is 77.4 Å². The van der Waals surface area contributed by atoms with Crippen molar-refractivity contribution in [1.29, 1.82) is 0 Å². The summed E-state index contributed by atoms with van der Waals surface area (Å²) in [6.45, 7) is 6.51. The van der Waals surface area contributed by atoms with Gasteiger partial charge in [0.2, 0.25) is 5.91 Å². The summed E-state index contributed by atoms with van der Waals surface area (Å²) in [6, 6.07) is 1.72. The number of amides is 1. The third-order valence-electron chi connectivity index (χ3n) is 4.64. The van der Waals surface area contributed by atoms with Crippen LogP contribution in [-0.2, 0) is 4.79 Å². The molecule has 2 aliphatic heterocycles. The fraction of sp³-hybridized carbons (Fsp3) is 0.933. The molecule has 2 aliphatic rings. The molecule has 1 amide bonds. The first-order chi connectivity index (χ1) is 8.58. The highest BCUT2D eigenvalue weighted by atomic mass is 16.1. The van der Waals surface area contributed by atoms with Gasteiger partial charge in [0.05, 0.1) is 0 Å². The number of nitrogens with one attached hydrogen (secondary N) is 2. The topological polar surface area (TPSA) is 41.1 Å². The predicted molar refractivity (Wildman–Crippen MR) is 74.3 cm³/mol. The summed E-state index contributed by atoms with van der Waals surface area (Å²) in [7, 11) is 0. The van der Waals surface area contributed by atoms with Crippen molar-refractivity contribution in [3.8, 4) is 0 Å². The third kappa shape index (κ3) is 3.47. The average Bonchev–Trinajstić information content (AvgIpc) is 2.65. The molecule has 2 fully saturated rings. The molecule has 3 heteroatoms. The summed E-state index contributed by atoms with van der Waals surface area (Å²) >= 11 is 0. The molecule has 0 radical (unpaired) electrons. The number of piperidine rings is 1. The highest BCUT2D eigenvalue weighted by Crippen LogP contribution is 2.32. The molecule has 3 atom stereocenters. The molecule has 0 saturated carbocycles. The highest BCUT2D eigenvalue weighted by Gasteiger charge is 2.34. The van der Waals surface area contributed by atoms with Crippen molar-refractivity contribution < 1.29 is 4.79 Å². The van der Waals surface area contributed by atoms with Crippen LogP contribution in [0.2, 0.25) is 0 Å². The molecule has 2 heterocycles. The van der Waals surface area contributed by atoms with Crippen LogP contribution in [0.25, 0.3) is 0 Å². The first-order valence-corrected chi connectivity index (χ1v) is 7.63. The first kappa shape index (κ1) is 13.9. The van der Waals surface area contributed by atoms with Gasteiger partial charge in [-0.15, -0.1) is 0 Å². The molecule has 0 aliphatic carbocycles. The van der Waals surface area contributed by atoms with E-state index in [0.717, 1.165) is 12.8 Å². The maximum absolute atomic E-state index is 12.1. The van der Waals surface area contributed by atoms with Crippen molar-refractivity contribution in [3.63, 3.8) is 0 Å². The van der Waals surface area contributed by atoms with E-state index in [1.54, 1.807) is 0 Å². The lowest BCUT2D eigenvalue weighted by atomic mass is 9.89. The van der Waals surface area contributed by atoms with Gasteiger partial charge in [-0.05, 0) is 43.9 Å². The van der Waals surface area contributed by atoms with Gasteiger partial charge in [0.1, 0.15) is 0 Å². The third-order valence-corrected chi connectivity index (χ3v) is 4.64. The van der Waals surface area contributed by atoms with Gasteiger partial charge in [-0.1, -0.05) is 20.8 Å². The Morgan fingerprint density at radius 2 is 1.89 bits per heavy atom. The molecule has 3 unspecified atom stereocenters. The Hall–Kier alpha value is -0.570. The maximum Gasteiger partial charge on any atom is 0.220 e. The second-order valence-electron chi connectivity index (χ2n) is 6.51. The highest BCUT2D eigenvalue weighted by molar-refractivity contribution is 5.76. The smallest absolute Gasteiger partial charge is 0.220 e. The summed E-state index contributed by atoms with van der Waals surface area (Å²) in [5, 5.41) is 6.84. The lowest BCUT2D eigenvalue weighted by Gasteiger charge is -2.29. The van der Waals surface area contributed by atoms with Crippen LogP contribution in [0.3, 0.4) is 0 Å². The number of carbonyl (C=O) groups is 1. The zero-order valence-corrected chi connectivity index (χ0v) is 12.0. The van der Waals surface area contributed by atoms with E-state index in [-0.39, 0.29) is 5.91 Å². The molecule has 18 heavy (non-hydrogen) atoms. The molecule has 2 bridgehead atoms. The minimum Gasteiger partial charge on any atom is -0.353 e. The number of carbonyl (C=O) groups excluding carboxylic acids is 1. The Kier molecular flexibility index (Phi) is 4.66. The van der Waals surface area contributed by atoms with E-state index in [4.69, 9.17) is 0 Å². The van der Waals surface area contributed by atoms with E-state index in [9.17, 15) is 4.79 Å². The number of fused-ring (bicyclic) bond motifs is 2. The lowest BCUT2D eigenvalue weighted by Crippen LogP contribution is -2.42. The molecule has 104 valence electrons. The van der Waals surface area contributed by atoms with E-state index < -0.39 is 0 Å². The SMILES string of the molecule is CCC(NC(=O)CC1CC2CCC(C1)N2)C(C)C. The van der Waals surface area contributed by atoms with Crippen LogP contribution in [0.15, 0.2) is 0 Å². The largest absolute Gasteiger partial charge is 0.353 e. The van der Waals surface area contributed by atoms with E-state index in [0.29, 0.717) is 30.0 Å². The molecule has 2 saturated heterocycles. The van der Waals surface area contributed by atoms with Crippen LogP contribution in [0.1, 0.15) is 59.3 Å². The molecule has 0 aromatic rings.